The highest BCUT2D eigenvalue weighted by Crippen LogP contribution is 2.31. The van der Waals surface area contributed by atoms with Crippen molar-refractivity contribution >= 4 is 17.6 Å². The van der Waals surface area contributed by atoms with Crippen LogP contribution in [0.5, 0.6) is 0 Å². The third kappa shape index (κ3) is 4.39. The lowest BCUT2D eigenvalue weighted by atomic mass is 9.90. The number of fused-ring (bicyclic) bond motifs is 1. The minimum Gasteiger partial charge on any atom is -0.356 e. The first kappa shape index (κ1) is 17.9. The molecule has 136 valence electrons. The second kappa shape index (κ2) is 8.47. The summed E-state index contributed by atoms with van der Waals surface area (Å²) in [6.45, 7) is 1.17. The molecule has 1 heterocycles. The van der Waals surface area contributed by atoms with E-state index in [4.69, 9.17) is 0 Å². The number of guanidine groups is 1. The van der Waals surface area contributed by atoms with Gasteiger partial charge in [0.15, 0.2) is 5.96 Å². The minimum atomic E-state index is -0.193. The number of aliphatic imine (C=N–C) groups is 1. The molecule has 1 amide bonds. The summed E-state index contributed by atoms with van der Waals surface area (Å²) in [4.78, 5) is 16.1. The molecule has 1 atom stereocenters. The molecule has 3 rings (SSSR count). The third-order valence-corrected chi connectivity index (χ3v) is 4.49. The number of benzene rings is 2. The zero-order valence-electron chi connectivity index (χ0n) is 14.8. The van der Waals surface area contributed by atoms with Crippen LogP contribution in [0.2, 0.25) is 0 Å². The molecule has 0 fully saturated rings. The maximum Gasteiger partial charge on any atom is 0.225 e. The van der Waals surface area contributed by atoms with Crippen LogP contribution in [0, 0.1) is 5.82 Å². The van der Waals surface area contributed by atoms with Crippen molar-refractivity contribution in [2.24, 2.45) is 4.99 Å². The van der Waals surface area contributed by atoms with Crippen molar-refractivity contribution in [3.8, 4) is 0 Å². The van der Waals surface area contributed by atoms with Crippen molar-refractivity contribution in [3.05, 3.63) is 65.5 Å². The summed E-state index contributed by atoms with van der Waals surface area (Å²) in [6, 6.07) is 14.6. The summed E-state index contributed by atoms with van der Waals surface area (Å²) in [5.41, 5.74) is 2.67. The molecule has 6 heteroatoms. The molecule has 26 heavy (non-hydrogen) atoms. The molecule has 1 unspecified atom stereocenters. The summed E-state index contributed by atoms with van der Waals surface area (Å²) in [6.07, 6.45) is 1.01. The van der Waals surface area contributed by atoms with Crippen LogP contribution in [0.1, 0.15) is 23.5 Å². The van der Waals surface area contributed by atoms with Crippen LogP contribution in [0.25, 0.3) is 0 Å². The predicted molar refractivity (Wildman–Crippen MR) is 102 cm³/mol. The van der Waals surface area contributed by atoms with Crippen molar-refractivity contribution in [2.45, 2.75) is 18.8 Å². The minimum absolute atomic E-state index is 0.0259. The van der Waals surface area contributed by atoms with Gasteiger partial charge in [-0.1, -0.05) is 36.4 Å². The zero-order valence-corrected chi connectivity index (χ0v) is 14.8. The molecular weight excluding hydrogens is 331 g/mol. The van der Waals surface area contributed by atoms with Crippen molar-refractivity contribution < 1.29 is 9.18 Å². The number of halogens is 1. The van der Waals surface area contributed by atoms with Gasteiger partial charge in [-0.3, -0.25) is 9.79 Å². The first-order chi connectivity index (χ1) is 12.7. The number of amides is 1. The van der Waals surface area contributed by atoms with Crippen molar-refractivity contribution in [3.63, 3.8) is 0 Å². The largest absolute Gasteiger partial charge is 0.356 e. The van der Waals surface area contributed by atoms with E-state index in [2.05, 4.69) is 20.9 Å². The van der Waals surface area contributed by atoms with Crippen LogP contribution >= 0.6 is 0 Å². The van der Waals surface area contributed by atoms with E-state index in [0.717, 1.165) is 11.3 Å². The van der Waals surface area contributed by atoms with Gasteiger partial charge in [0.2, 0.25) is 5.91 Å². The number of para-hydroxylation sites is 1. The van der Waals surface area contributed by atoms with E-state index in [1.54, 1.807) is 19.2 Å². The van der Waals surface area contributed by atoms with E-state index >= 15 is 0 Å². The van der Waals surface area contributed by atoms with E-state index in [1.807, 2.05) is 30.3 Å². The highest BCUT2D eigenvalue weighted by molar-refractivity contribution is 5.94. The molecule has 0 bridgehead atoms. The van der Waals surface area contributed by atoms with Gasteiger partial charge in [0.05, 0.1) is 0 Å². The van der Waals surface area contributed by atoms with Crippen LogP contribution in [0.15, 0.2) is 53.5 Å². The molecule has 0 saturated carbocycles. The van der Waals surface area contributed by atoms with Crippen LogP contribution < -0.4 is 16.0 Å². The number of anilines is 1. The van der Waals surface area contributed by atoms with Gasteiger partial charge in [-0.15, -0.1) is 0 Å². The highest BCUT2D eigenvalue weighted by Gasteiger charge is 2.24. The number of rotatable bonds is 5. The number of carbonyl (C=O) groups excluding carboxylic acids is 1. The average Bonchev–Trinajstić information content (AvgIpc) is 2.65. The first-order valence-corrected chi connectivity index (χ1v) is 8.74. The van der Waals surface area contributed by atoms with Gasteiger partial charge in [-0.2, -0.15) is 0 Å². The molecule has 3 N–H and O–H groups in total. The fraction of sp³-hybridized carbons (Fsp3) is 0.300. The van der Waals surface area contributed by atoms with Crippen molar-refractivity contribution in [1.29, 1.82) is 0 Å². The molecule has 1 aliphatic rings. The van der Waals surface area contributed by atoms with E-state index in [9.17, 15) is 9.18 Å². The number of nitrogens with one attached hydrogen (secondary N) is 3. The zero-order chi connectivity index (χ0) is 18.4. The second-order valence-corrected chi connectivity index (χ2v) is 6.26. The van der Waals surface area contributed by atoms with Gasteiger partial charge < -0.3 is 16.0 Å². The third-order valence-electron chi connectivity index (χ3n) is 4.49. The van der Waals surface area contributed by atoms with Crippen molar-refractivity contribution in [2.75, 3.05) is 25.5 Å². The molecule has 2 aromatic carbocycles. The van der Waals surface area contributed by atoms with Gasteiger partial charge >= 0.3 is 0 Å². The lowest BCUT2D eigenvalue weighted by Gasteiger charge is -2.26. The molecule has 0 saturated heterocycles. The molecule has 5 nitrogen and oxygen atoms in total. The topological polar surface area (TPSA) is 65.5 Å². The maximum atomic E-state index is 13.7. The Kier molecular flexibility index (Phi) is 5.84. The van der Waals surface area contributed by atoms with Crippen LogP contribution in [-0.2, 0) is 11.2 Å². The van der Waals surface area contributed by atoms with Crippen LogP contribution in [0.4, 0.5) is 10.1 Å². The summed E-state index contributed by atoms with van der Waals surface area (Å²) in [7, 11) is 1.69. The van der Waals surface area contributed by atoms with Crippen molar-refractivity contribution in [1.82, 2.24) is 10.6 Å². The van der Waals surface area contributed by atoms with Crippen LogP contribution in [0.3, 0.4) is 0 Å². The standard InChI is InChI=1S/C20H23FN4O/c1-22-20(23-11-10-14-6-2-4-8-17(14)21)24-13-15-12-19(26)25-18-9-5-3-7-16(15)18/h2-9,15H,10-13H2,1H3,(H,25,26)(H2,22,23,24). The van der Waals surface area contributed by atoms with Gasteiger partial charge in [0, 0.05) is 38.2 Å². The lowest BCUT2D eigenvalue weighted by Crippen LogP contribution is -2.41. The Hall–Kier alpha value is -2.89. The van der Waals surface area contributed by atoms with Gasteiger partial charge in [0.25, 0.3) is 0 Å². The Labute approximate surface area is 152 Å². The summed E-state index contributed by atoms with van der Waals surface area (Å²) in [5.74, 6) is 0.565. The predicted octanol–water partition coefficient (Wildman–Crippen LogP) is 2.66. The number of carbonyl (C=O) groups is 1. The molecule has 0 aliphatic carbocycles. The highest BCUT2D eigenvalue weighted by atomic mass is 19.1. The lowest BCUT2D eigenvalue weighted by molar-refractivity contribution is -0.116. The number of hydrogen-bond acceptors (Lipinski definition) is 2. The molecular formula is C20H23FN4O. The number of hydrogen-bond donors (Lipinski definition) is 3. The molecule has 0 aromatic heterocycles. The smallest absolute Gasteiger partial charge is 0.225 e. The van der Waals surface area contributed by atoms with E-state index in [0.29, 0.717) is 37.5 Å². The normalized spacial score (nSPS) is 16.6. The average molecular weight is 354 g/mol. The number of nitrogens with zero attached hydrogens (tertiary/aromatic N) is 1. The Morgan fingerprint density at radius 3 is 2.77 bits per heavy atom. The Bertz CT molecular complexity index is 806. The van der Waals surface area contributed by atoms with Gasteiger partial charge in [-0.25, -0.2) is 4.39 Å². The van der Waals surface area contributed by atoms with E-state index < -0.39 is 0 Å². The Morgan fingerprint density at radius 1 is 1.19 bits per heavy atom. The van der Waals surface area contributed by atoms with Crippen LogP contribution in [-0.4, -0.2) is 32.0 Å². The summed E-state index contributed by atoms with van der Waals surface area (Å²) in [5, 5.41) is 9.36. The summed E-state index contributed by atoms with van der Waals surface area (Å²) < 4.78 is 13.7. The fourth-order valence-electron chi connectivity index (χ4n) is 3.14. The monoisotopic (exact) mass is 354 g/mol. The second-order valence-electron chi connectivity index (χ2n) is 6.26. The first-order valence-electron chi connectivity index (χ1n) is 8.74. The summed E-state index contributed by atoms with van der Waals surface area (Å²) >= 11 is 0. The van der Waals surface area contributed by atoms with Gasteiger partial charge in [-0.05, 0) is 29.7 Å². The molecule has 1 aliphatic heterocycles. The quantitative estimate of drug-likeness (QED) is 0.571. The maximum absolute atomic E-state index is 13.7. The Balaban J connectivity index is 1.53. The molecule has 0 spiro atoms. The molecule has 0 radical (unpaired) electrons. The fourth-order valence-corrected chi connectivity index (χ4v) is 3.14. The SMILES string of the molecule is CN=C(NCCc1ccccc1F)NCC1CC(=O)Nc2ccccc21. The van der Waals surface area contributed by atoms with Gasteiger partial charge in [0.1, 0.15) is 5.82 Å². The van der Waals surface area contributed by atoms with E-state index in [1.165, 1.54) is 6.07 Å². The molecule has 2 aromatic rings. The van der Waals surface area contributed by atoms with E-state index in [-0.39, 0.29) is 17.6 Å². The Morgan fingerprint density at radius 2 is 1.96 bits per heavy atom.